The Morgan fingerprint density at radius 2 is 1.81 bits per heavy atom. The molecule has 142 valence electrons. The summed E-state index contributed by atoms with van der Waals surface area (Å²) < 4.78 is 28.2. The fraction of sp³-hybridized carbons (Fsp3) is 0.263. The van der Waals surface area contributed by atoms with Crippen molar-refractivity contribution in [1.29, 1.82) is 0 Å². The number of benzene rings is 2. The predicted molar refractivity (Wildman–Crippen MR) is 102 cm³/mol. The molecule has 2 N–H and O–H groups in total. The standard InChI is InChI=1S/C19H21N3O4S/c1-13(23)22-10-9-14-7-8-16(11-15(14)12-22)27(25,26)21-18-6-4-3-5-17(18)19(24)20-2/h3-8,11,21H,9-10,12H2,1-2H3,(H,20,24). The van der Waals surface area contributed by atoms with Crippen molar-refractivity contribution in [2.45, 2.75) is 24.8 Å². The predicted octanol–water partition coefficient (Wildman–Crippen LogP) is 1.75. The summed E-state index contributed by atoms with van der Waals surface area (Å²) in [5.74, 6) is -0.414. The van der Waals surface area contributed by atoms with Gasteiger partial charge in [-0.25, -0.2) is 8.42 Å². The number of nitrogens with one attached hydrogen (secondary N) is 2. The van der Waals surface area contributed by atoms with Crippen LogP contribution >= 0.6 is 0 Å². The van der Waals surface area contributed by atoms with Crippen molar-refractivity contribution in [2.75, 3.05) is 18.3 Å². The first-order valence-corrected chi connectivity index (χ1v) is 10.0. The highest BCUT2D eigenvalue weighted by molar-refractivity contribution is 7.92. The average Bonchev–Trinajstić information content (AvgIpc) is 2.66. The first-order chi connectivity index (χ1) is 12.8. The van der Waals surface area contributed by atoms with Crippen molar-refractivity contribution in [3.8, 4) is 0 Å². The lowest BCUT2D eigenvalue weighted by Crippen LogP contribution is -2.34. The van der Waals surface area contributed by atoms with E-state index < -0.39 is 10.0 Å². The molecule has 0 spiro atoms. The summed E-state index contributed by atoms with van der Waals surface area (Å²) in [5, 5.41) is 2.49. The van der Waals surface area contributed by atoms with E-state index in [4.69, 9.17) is 0 Å². The van der Waals surface area contributed by atoms with Crippen LogP contribution in [-0.4, -0.2) is 38.7 Å². The monoisotopic (exact) mass is 387 g/mol. The van der Waals surface area contributed by atoms with E-state index >= 15 is 0 Å². The van der Waals surface area contributed by atoms with Gasteiger partial charge in [-0.15, -0.1) is 0 Å². The molecule has 0 saturated carbocycles. The lowest BCUT2D eigenvalue weighted by atomic mass is 10.00. The van der Waals surface area contributed by atoms with Crippen molar-refractivity contribution in [3.63, 3.8) is 0 Å². The lowest BCUT2D eigenvalue weighted by Gasteiger charge is -2.28. The number of amides is 2. The number of carbonyl (C=O) groups is 2. The van der Waals surface area contributed by atoms with Crippen LogP contribution in [0.2, 0.25) is 0 Å². The second-order valence-electron chi connectivity index (χ2n) is 6.35. The summed E-state index contributed by atoms with van der Waals surface area (Å²) in [7, 11) is -2.40. The van der Waals surface area contributed by atoms with Crippen LogP contribution in [0.3, 0.4) is 0 Å². The number of sulfonamides is 1. The molecule has 0 radical (unpaired) electrons. The molecule has 1 aliphatic rings. The van der Waals surface area contributed by atoms with Crippen LogP contribution in [0.25, 0.3) is 0 Å². The number of hydrogen-bond donors (Lipinski definition) is 2. The van der Waals surface area contributed by atoms with Gasteiger partial charge in [0.15, 0.2) is 0 Å². The Morgan fingerprint density at radius 1 is 1.07 bits per heavy atom. The highest BCUT2D eigenvalue weighted by Crippen LogP contribution is 2.25. The van der Waals surface area contributed by atoms with Gasteiger partial charge in [-0.05, 0) is 41.8 Å². The topological polar surface area (TPSA) is 95.6 Å². The number of para-hydroxylation sites is 1. The van der Waals surface area contributed by atoms with E-state index in [1.54, 1.807) is 41.3 Å². The molecule has 0 bridgehead atoms. The van der Waals surface area contributed by atoms with Crippen LogP contribution in [0.5, 0.6) is 0 Å². The third-order valence-electron chi connectivity index (χ3n) is 4.59. The van der Waals surface area contributed by atoms with E-state index in [0.717, 1.165) is 11.1 Å². The molecule has 27 heavy (non-hydrogen) atoms. The summed E-state index contributed by atoms with van der Waals surface area (Å²) in [6.45, 7) is 2.53. The molecule has 0 atom stereocenters. The Labute approximate surface area is 158 Å². The van der Waals surface area contributed by atoms with Gasteiger partial charge < -0.3 is 10.2 Å². The second kappa shape index (κ2) is 7.40. The molecule has 7 nitrogen and oxygen atoms in total. The van der Waals surface area contributed by atoms with Crippen molar-refractivity contribution < 1.29 is 18.0 Å². The minimum Gasteiger partial charge on any atom is -0.355 e. The van der Waals surface area contributed by atoms with Gasteiger partial charge in [-0.3, -0.25) is 14.3 Å². The Hall–Kier alpha value is -2.87. The van der Waals surface area contributed by atoms with Crippen LogP contribution < -0.4 is 10.0 Å². The summed E-state index contributed by atoms with van der Waals surface area (Å²) >= 11 is 0. The molecule has 2 amide bonds. The van der Waals surface area contributed by atoms with E-state index in [1.807, 2.05) is 0 Å². The first-order valence-electron chi connectivity index (χ1n) is 8.53. The molecule has 1 aliphatic heterocycles. The highest BCUT2D eigenvalue weighted by atomic mass is 32.2. The highest BCUT2D eigenvalue weighted by Gasteiger charge is 2.23. The van der Waals surface area contributed by atoms with E-state index in [-0.39, 0.29) is 28.0 Å². The van der Waals surface area contributed by atoms with Gasteiger partial charge in [0.25, 0.3) is 15.9 Å². The summed E-state index contributed by atoms with van der Waals surface area (Å²) in [4.78, 5) is 25.4. The number of hydrogen-bond acceptors (Lipinski definition) is 4. The molecule has 1 heterocycles. The van der Waals surface area contributed by atoms with Gasteiger partial charge in [-0.2, -0.15) is 0 Å². The maximum Gasteiger partial charge on any atom is 0.261 e. The number of rotatable bonds is 4. The fourth-order valence-corrected chi connectivity index (χ4v) is 4.21. The molecule has 2 aromatic carbocycles. The minimum absolute atomic E-state index is 0.0356. The molecule has 0 fully saturated rings. The van der Waals surface area contributed by atoms with Gasteiger partial charge in [0.2, 0.25) is 5.91 Å². The largest absolute Gasteiger partial charge is 0.355 e. The van der Waals surface area contributed by atoms with Crippen molar-refractivity contribution in [2.24, 2.45) is 0 Å². The number of anilines is 1. The molecule has 8 heteroatoms. The molecule has 3 rings (SSSR count). The maximum absolute atomic E-state index is 12.8. The summed E-state index contributed by atoms with van der Waals surface area (Å²) in [6.07, 6.45) is 0.697. The smallest absolute Gasteiger partial charge is 0.261 e. The third-order valence-corrected chi connectivity index (χ3v) is 5.95. The quantitative estimate of drug-likeness (QED) is 0.835. The Bertz CT molecular complexity index is 1000. The third kappa shape index (κ3) is 3.95. The number of nitrogens with zero attached hydrogens (tertiary/aromatic N) is 1. The molecular formula is C19H21N3O4S. The van der Waals surface area contributed by atoms with E-state index in [1.165, 1.54) is 20.0 Å². The minimum atomic E-state index is -3.88. The fourth-order valence-electron chi connectivity index (χ4n) is 3.08. The molecule has 0 aromatic heterocycles. The Balaban J connectivity index is 1.92. The van der Waals surface area contributed by atoms with Gasteiger partial charge in [0.1, 0.15) is 0 Å². The van der Waals surface area contributed by atoms with Gasteiger partial charge in [0, 0.05) is 27.1 Å². The summed E-state index contributed by atoms with van der Waals surface area (Å²) in [5.41, 5.74) is 2.31. The van der Waals surface area contributed by atoms with Crippen LogP contribution in [0.4, 0.5) is 5.69 Å². The lowest BCUT2D eigenvalue weighted by molar-refractivity contribution is -0.129. The number of carbonyl (C=O) groups excluding carboxylic acids is 2. The first kappa shape index (κ1) is 18.9. The zero-order chi connectivity index (χ0) is 19.6. The van der Waals surface area contributed by atoms with Crippen molar-refractivity contribution in [1.82, 2.24) is 10.2 Å². The maximum atomic E-state index is 12.8. The van der Waals surface area contributed by atoms with E-state index in [9.17, 15) is 18.0 Å². The number of fused-ring (bicyclic) bond motifs is 1. The normalized spacial score (nSPS) is 13.6. The van der Waals surface area contributed by atoms with E-state index in [2.05, 4.69) is 10.0 Å². The summed E-state index contributed by atoms with van der Waals surface area (Å²) in [6, 6.07) is 11.3. The van der Waals surface area contributed by atoms with Crippen molar-refractivity contribution >= 4 is 27.5 Å². The Kier molecular flexibility index (Phi) is 5.18. The molecule has 2 aromatic rings. The van der Waals surface area contributed by atoms with Crippen LogP contribution in [0.1, 0.15) is 28.4 Å². The SMILES string of the molecule is CNC(=O)c1ccccc1NS(=O)(=O)c1ccc2c(c1)CN(C(C)=O)CC2. The van der Waals surface area contributed by atoms with Gasteiger partial charge >= 0.3 is 0 Å². The van der Waals surface area contributed by atoms with E-state index in [0.29, 0.717) is 19.5 Å². The molecule has 0 aliphatic carbocycles. The average molecular weight is 387 g/mol. The molecular weight excluding hydrogens is 366 g/mol. The van der Waals surface area contributed by atoms with Gasteiger partial charge in [-0.1, -0.05) is 18.2 Å². The zero-order valence-corrected chi connectivity index (χ0v) is 16.0. The van der Waals surface area contributed by atoms with Crippen LogP contribution in [0.15, 0.2) is 47.4 Å². The van der Waals surface area contributed by atoms with Gasteiger partial charge in [0.05, 0.1) is 16.1 Å². The molecule has 0 saturated heterocycles. The van der Waals surface area contributed by atoms with Crippen LogP contribution in [0, 0.1) is 0 Å². The Morgan fingerprint density at radius 3 is 2.52 bits per heavy atom. The van der Waals surface area contributed by atoms with Crippen LogP contribution in [-0.2, 0) is 27.8 Å². The zero-order valence-electron chi connectivity index (χ0n) is 15.2. The molecule has 0 unspecified atom stereocenters. The van der Waals surface area contributed by atoms with Crippen molar-refractivity contribution in [3.05, 3.63) is 59.2 Å². The second-order valence-corrected chi connectivity index (χ2v) is 8.03.